The lowest BCUT2D eigenvalue weighted by molar-refractivity contribution is 0.0752. The molecular weight excluding hydrogens is 214 g/mol. The second kappa shape index (κ2) is 3.43. The van der Waals surface area contributed by atoms with E-state index in [1.54, 1.807) is 24.3 Å². The highest BCUT2D eigenvalue weighted by Gasteiger charge is 2.39. The van der Waals surface area contributed by atoms with Crippen molar-refractivity contribution >= 4 is 29.6 Å². The van der Waals surface area contributed by atoms with Crippen LogP contribution in [0.1, 0.15) is 22.0 Å². The SMILES string of the molecule is O=C(O)N1C(=O)c2ccccc2C1C=S. The normalized spacial score (nSPS) is 18.8. The minimum Gasteiger partial charge on any atom is -0.465 e. The third-order valence-electron chi connectivity index (χ3n) is 2.34. The van der Waals surface area contributed by atoms with Gasteiger partial charge in [0.15, 0.2) is 0 Å². The zero-order valence-electron chi connectivity index (χ0n) is 7.58. The van der Waals surface area contributed by atoms with Crippen molar-refractivity contribution in [1.82, 2.24) is 4.90 Å². The van der Waals surface area contributed by atoms with Crippen molar-refractivity contribution in [2.75, 3.05) is 0 Å². The summed E-state index contributed by atoms with van der Waals surface area (Å²) >= 11 is 4.76. The average Bonchev–Trinajstić information content (AvgIpc) is 2.52. The number of nitrogens with zero attached hydrogens (tertiary/aromatic N) is 1. The Bertz CT molecular complexity index is 458. The van der Waals surface area contributed by atoms with E-state index in [1.165, 1.54) is 5.37 Å². The lowest BCUT2D eigenvalue weighted by Crippen LogP contribution is -2.33. The Morgan fingerprint density at radius 1 is 1.47 bits per heavy atom. The third-order valence-corrected chi connectivity index (χ3v) is 2.60. The molecule has 1 N–H and O–H groups in total. The number of imide groups is 1. The number of carbonyl (C=O) groups is 2. The van der Waals surface area contributed by atoms with E-state index >= 15 is 0 Å². The van der Waals surface area contributed by atoms with E-state index in [4.69, 9.17) is 17.3 Å². The summed E-state index contributed by atoms with van der Waals surface area (Å²) in [6.45, 7) is 0. The van der Waals surface area contributed by atoms with E-state index in [2.05, 4.69) is 0 Å². The van der Waals surface area contributed by atoms with Gasteiger partial charge in [-0.3, -0.25) is 4.79 Å². The lowest BCUT2D eigenvalue weighted by Gasteiger charge is -2.15. The predicted molar refractivity (Wildman–Crippen MR) is 57.0 cm³/mol. The Morgan fingerprint density at radius 3 is 2.73 bits per heavy atom. The minimum absolute atomic E-state index is 0.408. The molecule has 15 heavy (non-hydrogen) atoms. The first-order chi connectivity index (χ1) is 7.16. The van der Waals surface area contributed by atoms with E-state index in [-0.39, 0.29) is 0 Å². The zero-order valence-corrected chi connectivity index (χ0v) is 8.40. The standard InChI is InChI=1S/C10H7NO3S/c12-9-7-4-2-1-3-6(7)8(5-15)11(9)10(13)14/h1-5,8H,(H,13,14). The van der Waals surface area contributed by atoms with Crippen molar-refractivity contribution in [1.29, 1.82) is 0 Å². The maximum Gasteiger partial charge on any atom is 0.415 e. The molecule has 1 aromatic rings. The Kier molecular flexibility index (Phi) is 2.24. The fourth-order valence-corrected chi connectivity index (χ4v) is 1.95. The van der Waals surface area contributed by atoms with Gasteiger partial charge in [0.2, 0.25) is 0 Å². The van der Waals surface area contributed by atoms with Gasteiger partial charge < -0.3 is 5.11 Å². The van der Waals surface area contributed by atoms with Crippen molar-refractivity contribution in [3.8, 4) is 0 Å². The molecule has 1 atom stereocenters. The summed E-state index contributed by atoms with van der Waals surface area (Å²) in [7, 11) is 0. The van der Waals surface area contributed by atoms with Crippen LogP contribution in [0, 0.1) is 0 Å². The molecule has 1 aliphatic rings. The third kappa shape index (κ3) is 1.32. The monoisotopic (exact) mass is 221 g/mol. The second-order valence-corrected chi connectivity index (χ2v) is 3.40. The number of hydrogen-bond acceptors (Lipinski definition) is 3. The maximum absolute atomic E-state index is 11.7. The van der Waals surface area contributed by atoms with Crippen LogP contribution in [0.3, 0.4) is 0 Å². The van der Waals surface area contributed by atoms with Crippen LogP contribution < -0.4 is 0 Å². The van der Waals surface area contributed by atoms with Crippen molar-refractivity contribution in [3.63, 3.8) is 0 Å². The van der Waals surface area contributed by atoms with Crippen LogP contribution in [0.2, 0.25) is 0 Å². The molecule has 1 aliphatic heterocycles. The molecule has 5 heteroatoms. The molecule has 4 nitrogen and oxygen atoms in total. The number of hydrogen-bond donors (Lipinski definition) is 1. The molecule has 0 fully saturated rings. The highest BCUT2D eigenvalue weighted by Crippen LogP contribution is 2.32. The number of carboxylic acid groups (broad SMARTS) is 1. The highest BCUT2D eigenvalue weighted by molar-refractivity contribution is 7.79. The van der Waals surface area contributed by atoms with Gasteiger partial charge in [0, 0.05) is 10.9 Å². The summed E-state index contributed by atoms with van der Waals surface area (Å²) in [5, 5.41) is 10.2. The molecule has 0 saturated heterocycles. The number of rotatable bonds is 1. The summed E-state index contributed by atoms with van der Waals surface area (Å²) in [6.07, 6.45) is -1.28. The van der Waals surface area contributed by atoms with Gasteiger partial charge in [0.25, 0.3) is 5.91 Å². The summed E-state index contributed by atoms with van der Waals surface area (Å²) in [5.41, 5.74) is 1.06. The van der Waals surface area contributed by atoms with E-state index < -0.39 is 18.0 Å². The van der Waals surface area contributed by atoms with Gasteiger partial charge in [-0.1, -0.05) is 30.4 Å². The first-order valence-corrected chi connectivity index (χ1v) is 4.74. The van der Waals surface area contributed by atoms with Crippen LogP contribution in [0.4, 0.5) is 4.79 Å². The molecular formula is C10H7NO3S. The Morgan fingerprint density at radius 2 is 2.13 bits per heavy atom. The fraction of sp³-hybridized carbons (Fsp3) is 0.100. The molecule has 0 spiro atoms. The molecule has 0 bridgehead atoms. The van der Waals surface area contributed by atoms with Gasteiger partial charge in [-0.2, -0.15) is 0 Å². The summed E-state index contributed by atoms with van der Waals surface area (Å²) < 4.78 is 0. The Labute approximate surface area is 91.1 Å². The van der Waals surface area contributed by atoms with Crippen LogP contribution in [0.15, 0.2) is 24.3 Å². The molecule has 2 amide bonds. The van der Waals surface area contributed by atoms with Crippen molar-refractivity contribution in [2.24, 2.45) is 0 Å². The molecule has 1 aromatic carbocycles. The molecule has 0 aliphatic carbocycles. The maximum atomic E-state index is 11.7. The number of benzene rings is 1. The summed E-state index contributed by atoms with van der Waals surface area (Å²) in [6, 6.07) is 6.13. The predicted octanol–water partition coefficient (Wildman–Crippen LogP) is 1.86. The number of thiocarbonyl (C=S) groups is 1. The molecule has 76 valence electrons. The van der Waals surface area contributed by atoms with Crippen LogP contribution in [0.25, 0.3) is 0 Å². The quantitative estimate of drug-likeness (QED) is 0.735. The van der Waals surface area contributed by atoms with Gasteiger partial charge >= 0.3 is 6.09 Å². The zero-order chi connectivity index (χ0) is 11.0. The highest BCUT2D eigenvalue weighted by atomic mass is 32.1. The number of carbonyl (C=O) groups excluding carboxylic acids is 1. The first kappa shape index (κ1) is 9.79. The number of amides is 2. The average molecular weight is 221 g/mol. The Balaban J connectivity index is 2.58. The molecule has 1 heterocycles. The van der Waals surface area contributed by atoms with Crippen LogP contribution >= 0.6 is 12.2 Å². The summed E-state index contributed by atoms with van der Waals surface area (Å²) in [4.78, 5) is 23.3. The lowest BCUT2D eigenvalue weighted by atomic mass is 10.1. The first-order valence-electron chi connectivity index (χ1n) is 4.27. The van der Waals surface area contributed by atoms with Gasteiger partial charge in [-0.15, -0.1) is 0 Å². The van der Waals surface area contributed by atoms with Gasteiger partial charge in [0.05, 0.1) is 6.04 Å². The number of fused-ring (bicyclic) bond motifs is 1. The van der Waals surface area contributed by atoms with Crippen molar-refractivity contribution < 1.29 is 14.7 Å². The topological polar surface area (TPSA) is 57.6 Å². The van der Waals surface area contributed by atoms with Crippen LogP contribution in [0.5, 0.6) is 0 Å². The molecule has 2 rings (SSSR count). The van der Waals surface area contributed by atoms with Gasteiger partial charge in [0.1, 0.15) is 0 Å². The van der Waals surface area contributed by atoms with Crippen LogP contribution in [-0.2, 0) is 0 Å². The fourth-order valence-electron chi connectivity index (χ4n) is 1.68. The molecule has 1 unspecified atom stereocenters. The Hall–Kier alpha value is -1.75. The molecule has 0 radical (unpaired) electrons. The van der Waals surface area contributed by atoms with E-state index in [0.717, 1.165) is 4.90 Å². The van der Waals surface area contributed by atoms with Crippen LogP contribution in [-0.4, -0.2) is 27.4 Å². The van der Waals surface area contributed by atoms with E-state index in [0.29, 0.717) is 11.1 Å². The second-order valence-electron chi connectivity index (χ2n) is 3.13. The van der Waals surface area contributed by atoms with Crippen molar-refractivity contribution in [3.05, 3.63) is 35.4 Å². The van der Waals surface area contributed by atoms with Gasteiger partial charge in [-0.25, -0.2) is 9.69 Å². The minimum atomic E-state index is -1.28. The summed E-state index contributed by atoms with van der Waals surface area (Å²) in [5.74, 6) is -0.510. The van der Waals surface area contributed by atoms with Gasteiger partial charge in [-0.05, 0) is 11.6 Å². The van der Waals surface area contributed by atoms with E-state index in [1.807, 2.05) is 0 Å². The smallest absolute Gasteiger partial charge is 0.415 e. The molecule has 0 aromatic heterocycles. The van der Waals surface area contributed by atoms with E-state index in [9.17, 15) is 9.59 Å². The molecule has 0 saturated carbocycles. The largest absolute Gasteiger partial charge is 0.465 e. The van der Waals surface area contributed by atoms with Crippen molar-refractivity contribution in [2.45, 2.75) is 6.04 Å².